The van der Waals surface area contributed by atoms with Crippen molar-refractivity contribution in [3.63, 3.8) is 0 Å². The molecule has 2 nitrogen and oxygen atoms in total. The maximum absolute atomic E-state index is 12.5. The number of hydrogen-bond donors (Lipinski definition) is 0. The summed E-state index contributed by atoms with van der Waals surface area (Å²) in [5.41, 5.74) is 3.53. The van der Waals surface area contributed by atoms with Gasteiger partial charge < -0.3 is 4.90 Å². The van der Waals surface area contributed by atoms with Gasteiger partial charge in [0.1, 0.15) is 0 Å². The minimum Gasteiger partial charge on any atom is -0.311 e. The second kappa shape index (κ2) is 5.36. The smallest absolute Gasteiger partial charge is 0.230 e. The number of carbonyl (C=O) groups excluding carboxylic acids is 1. The van der Waals surface area contributed by atoms with Crippen molar-refractivity contribution < 1.29 is 4.79 Å². The average Bonchev–Trinajstić information content (AvgIpc) is 2.57. The van der Waals surface area contributed by atoms with Crippen LogP contribution in [0.1, 0.15) is 38.3 Å². The summed E-state index contributed by atoms with van der Waals surface area (Å²) in [6.07, 6.45) is 1.13. The molecule has 1 aliphatic rings. The first kappa shape index (κ1) is 14.1. The monoisotopic (exact) mass is 259 g/mol. The molecule has 0 radical (unpaired) electrons. The summed E-state index contributed by atoms with van der Waals surface area (Å²) in [6.45, 7) is 11.6. The van der Waals surface area contributed by atoms with Gasteiger partial charge >= 0.3 is 0 Å². The Balaban J connectivity index is 2.29. The zero-order valence-electron chi connectivity index (χ0n) is 12.7. The van der Waals surface area contributed by atoms with Gasteiger partial charge in [-0.3, -0.25) is 4.79 Å². The summed E-state index contributed by atoms with van der Waals surface area (Å²) in [5.74, 6) is 1.59. The van der Waals surface area contributed by atoms with Crippen molar-refractivity contribution in [2.45, 2.75) is 41.0 Å². The number of carbonyl (C=O) groups is 1. The van der Waals surface area contributed by atoms with E-state index in [1.54, 1.807) is 0 Å². The van der Waals surface area contributed by atoms with Crippen LogP contribution in [0.15, 0.2) is 18.2 Å². The summed E-state index contributed by atoms with van der Waals surface area (Å²) >= 11 is 0. The van der Waals surface area contributed by atoms with Crippen molar-refractivity contribution in [3.8, 4) is 0 Å². The van der Waals surface area contributed by atoms with Crippen molar-refractivity contribution in [2.24, 2.45) is 17.8 Å². The third-order valence-corrected chi connectivity index (χ3v) is 4.26. The minimum atomic E-state index is 0.154. The molecule has 1 amide bonds. The highest BCUT2D eigenvalue weighted by Gasteiger charge is 2.38. The largest absolute Gasteiger partial charge is 0.311 e. The molecule has 2 rings (SSSR count). The lowest BCUT2D eigenvalue weighted by Crippen LogP contribution is -2.27. The molecule has 19 heavy (non-hydrogen) atoms. The molecule has 1 fully saturated rings. The Morgan fingerprint density at radius 3 is 2.37 bits per heavy atom. The Morgan fingerprint density at radius 1 is 1.26 bits per heavy atom. The molecule has 2 unspecified atom stereocenters. The number of hydrogen-bond acceptors (Lipinski definition) is 1. The molecule has 0 aliphatic carbocycles. The quantitative estimate of drug-likeness (QED) is 0.805. The van der Waals surface area contributed by atoms with Crippen LogP contribution in [0.4, 0.5) is 5.69 Å². The van der Waals surface area contributed by atoms with Gasteiger partial charge in [-0.25, -0.2) is 0 Å². The predicted molar refractivity (Wildman–Crippen MR) is 80.4 cm³/mol. The molecule has 1 aromatic carbocycles. The highest BCUT2D eigenvalue weighted by atomic mass is 16.2. The normalized spacial score (nSPS) is 23.5. The van der Waals surface area contributed by atoms with Gasteiger partial charge in [0.05, 0.1) is 0 Å². The van der Waals surface area contributed by atoms with E-state index in [9.17, 15) is 4.79 Å². The average molecular weight is 259 g/mol. The highest BCUT2D eigenvalue weighted by molar-refractivity contribution is 5.98. The Labute approximate surface area is 116 Å². The molecule has 1 heterocycles. The van der Waals surface area contributed by atoms with Crippen LogP contribution in [0.2, 0.25) is 0 Å². The number of anilines is 1. The summed E-state index contributed by atoms with van der Waals surface area (Å²) < 4.78 is 0. The Kier molecular flexibility index (Phi) is 3.98. The van der Waals surface area contributed by atoms with E-state index in [4.69, 9.17) is 0 Å². The number of nitrogens with zero attached hydrogens (tertiary/aromatic N) is 1. The van der Waals surface area contributed by atoms with Crippen LogP contribution in [0.25, 0.3) is 0 Å². The van der Waals surface area contributed by atoms with E-state index in [0.717, 1.165) is 18.7 Å². The fraction of sp³-hybridized carbons (Fsp3) is 0.588. The van der Waals surface area contributed by atoms with Gasteiger partial charge in [-0.1, -0.05) is 39.0 Å². The van der Waals surface area contributed by atoms with Crippen molar-refractivity contribution in [3.05, 3.63) is 29.3 Å². The lowest BCUT2D eigenvalue weighted by molar-refractivity contribution is -0.120. The molecule has 1 aromatic rings. The molecular weight excluding hydrogens is 234 g/mol. The lowest BCUT2D eigenvalue weighted by atomic mass is 9.89. The summed E-state index contributed by atoms with van der Waals surface area (Å²) in [4.78, 5) is 14.5. The number of amides is 1. The van der Waals surface area contributed by atoms with E-state index in [0.29, 0.717) is 17.7 Å². The number of benzene rings is 1. The molecule has 104 valence electrons. The van der Waals surface area contributed by atoms with Crippen LogP contribution in [-0.2, 0) is 4.79 Å². The summed E-state index contributed by atoms with van der Waals surface area (Å²) in [7, 11) is 0. The fourth-order valence-electron chi connectivity index (χ4n) is 3.25. The molecule has 0 bridgehead atoms. The number of rotatable bonds is 3. The third kappa shape index (κ3) is 2.68. The molecule has 0 aromatic heterocycles. The summed E-state index contributed by atoms with van der Waals surface area (Å²) in [6, 6.07) is 6.25. The van der Waals surface area contributed by atoms with E-state index in [1.807, 2.05) is 4.90 Å². The van der Waals surface area contributed by atoms with Crippen LogP contribution < -0.4 is 4.90 Å². The molecule has 0 saturated carbocycles. The van der Waals surface area contributed by atoms with Crippen LogP contribution >= 0.6 is 0 Å². The van der Waals surface area contributed by atoms with E-state index >= 15 is 0 Å². The van der Waals surface area contributed by atoms with Crippen molar-refractivity contribution >= 4 is 11.6 Å². The van der Waals surface area contributed by atoms with Gasteiger partial charge in [0.2, 0.25) is 5.91 Å². The Morgan fingerprint density at radius 2 is 1.84 bits per heavy atom. The van der Waals surface area contributed by atoms with Crippen molar-refractivity contribution in [1.82, 2.24) is 0 Å². The molecule has 1 saturated heterocycles. The second-order valence-electron chi connectivity index (χ2n) is 6.37. The molecule has 2 atom stereocenters. The van der Waals surface area contributed by atoms with E-state index < -0.39 is 0 Å². The van der Waals surface area contributed by atoms with E-state index in [-0.39, 0.29) is 5.92 Å². The van der Waals surface area contributed by atoms with Crippen LogP contribution in [-0.4, -0.2) is 12.5 Å². The second-order valence-corrected chi connectivity index (χ2v) is 6.37. The predicted octanol–water partition coefficient (Wildman–Crippen LogP) is 3.95. The van der Waals surface area contributed by atoms with Gasteiger partial charge in [0, 0.05) is 18.2 Å². The van der Waals surface area contributed by atoms with Gasteiger partial charge in [-0.05, 0) is 43.2 Å². The Bertz CT molecular complexity index is 458. The SMILES string of the molecule is Cc1cccc(C)c1N1CC(CC(C)C)C(C)C1=O. The third-order valence-electron chi connectivity index (χ3n) is 4.26. The maximum Gasteiger partial charge on any atom is 0.230 e. The van der Waals surface area contributed by atoms with Crippen LogP contribution in [0.3, 0.4) is 0 Å². The number of para-hydroxylation sites is 1. The molecule has 2 heteroatoms. The van der Waals surface area contributed by atoms with E-state index in [2.05, 4.69) is 52.8 Å². The lowest BCUT2D eigenvalue weighted by Gasteiger charge is -2.21. The standard InChI is InChI=1S/C17H25NO/c1-11(2)9-15-10-18(17(19)14(15)5)16-12(3)7-6-8-13(16)4/h6-8,11,14-15H,9-10H2,1-5H3. The van der Waals surface area contributed by atoms with Crippen LogP contribution in [0.5, 0.6) is 0 Å². The first-order valence-electron chi connectivity index (χ1n) is 7.29. The highest BCUT2D eigenvalue weighted by Crippen LogP contribution is 2.36. The number of aryl methyl sites for hydroxylation is 2. The van der Waals surface area contributed by atoms with Gasteiger partial charge in [-0.2, -0.15) is 0 Å². The topological polar surface area (TPSA) is 20.3 Å². The fourth-order valence-corrected chi connectivity index (χ4v) is 3.25. The van der Waals surface area contributed by atoms with Gasteiger partial charge in [0.15, 0.2) is 0 Å². The van der Waals surface area contributed by atoms with E-state index in [1.165, 1.54) is 11.1 Å². The zero-order chi connectivity index (χ0) is 14.2. The molecule has 0 spiro atoms. The first-order valence-corrected chi connectivity index (χ1v) is 7.29. The van der Waals surface area contributed by atoms with Gasteiger partial charge in [0.25, 0.3) is 0 Å². The van der Waals surface area contributed by atoms with Crippen molar-refractivity contribution in [1.29, 1.82) is 0 Å². The first-order chi connectivity index (χ1) is 8.91. The summed E-state index contributed by atoms with van der Waals surface area (Å²) in [5, 5.41) is 0. The molecular formula is C17H25NO. The Hall–Kier alpha value is -1.31. The maximum atomic E-state index is 12.5. The van der Waals surface area contributed by atoms with Crippen molar-refractivity contribution in [2.75, 3.05) is 11.4 Å². The van der Waals surface area contributed by atoms with Gasteiger partial charge in [-0.15, -0.1) is 0 Å². The molecule has 1 aliphatic heterocycles. The minimum absolute atomic E-state index is 0.154. The molecule has 0 N–H and O–H groups in total. The zero-order valence-corrected chi connectivity index (χ0v) is 12.7. The van der Waals surface area contributed by atoms with Crippen LogP contribution in [0, 0.1) is 31.6 Å².